The number of rotatable bonds is 11. The molecule has 262 valence electrons. The minimum Gasteiger partial charge on any atom is -0.492 e. The van der Waals surface area contributed by atoms with Gasteiger partial charge in [0.15, 0.2) is 9.84 Å². The molecule has 49 heavy (non-hydrogen) atoms. The number of hydrogen-bond donors (Lipinski definition) is 5. The van der Waals surface area contributed by atoms with Crippen LogP contribution >= 0.6 is 11.6 Å². The fourth-order valence-corrected chi connectivity index (χ4v) is 5.75. The van der Waals surface area contributed by atoms with Gasteiger partial charge in [0.2, 0.25) is 11.8 Å². The zero-order valence-electron chi connectivity index (χ0n) is 26.4. The molecule has 12 nitrogen and oxygen atoms in total. The lowest BCUT2D eigenvalue weighted by atomic mass is 10.0. The minimum atomic E-state index is -5.08. The Bertz CT molecular complexity index is 1960. The maximum atomic E-state index is 13.8. The highest BCUT2D eigenvalue weighted by Gasteiger charge is 2.38. The van der Waals surface area contributed by atoms with Gasteiger partial charge >= 0.3 is 12.1 Å². The van der Waals surface area contributed by atoms with Crippen LogP contribution in [0.5, 0.6) is 5.75 Å². The van der Waals surface area contributed by atoms with Gasteiger partial charge in [-0.05, 0) is 78.0 Å². The summed E-state index contributed by atoms with van der Waals surface area (Å²) in [6.45, 7) is 5.01. The van der Waals surface area contributed by atoms with Crippen LogP contribution in [0, 0.1) is 0 Å². The highest BCUT2D eigenvalue weighted by atomic mass is 35.5. The van der Waals surface area contributed by atoms with E-state index in [1.807, 2.05) is 25.1 Å². The standard InChI is InChI=1S/C30H32ClN5O5S.C2HF3O2/c1-4-41-26-16-20(6-10-25(26)31)28(36-23-7-9-24-19(14-23)12-13-33-29(24)32)30(38)34-17-21-15-22(35-18(3)37)8-11-27(21)42(39,40)5-2;3-2(4,5)1(6)7/h6-16,28,36H,4-5,17H2,1-3H3,(H2,32,33)(H,34,38)(H,35,37);(H,6,7). The third-order valence-electron chi connectivity index (χ3n) is 6.75. The van der Waals surface area contributed by atoms with Crippen molar-refractivity contribution in [1.29, 1.82) is 0 Å². The van der Waals surface area contributed by atoms with Gasteiger partial charge in [-0.1, -0.05) is 24.6 Å². The van der Waals surface area contributed by atoms with Crippen LogP contribution in [0.15, 0.2) is 71.8 Å². The second-order valence-corrected chi connectivity index (χ2v) is 12.9. The first kappa shape index (κ1) is 38.4. The normalized spacial score (nSPS) is 11.9. The smallest absolute Gasteiger partial charge is 0.490 e. The van der Waals surface area contributed by atoms with Gasteiger partial charge in [-0.3, -0.25) is 9.59 Å². The van der Waals surface area contributed by atoms with Crippen molar-refractivity contribution in [2.75, 3.05) is 28.7 Å². The Morgan fingerprint density at radius 2 is 1.69 bits per heavy atom. The lowest BCUT2D eigenvalue weighted by Crippen LogP contribution is -2.33. The van der Waals surface area contributed by atoms with Crippen LogP contribution in [0.3, 0.4) is 0 Å². The number of pyridine rings is 1. The van der Waals surface area contributed by atoms with Crippen molar-refractivity contribution in [3.8, 4) is 5.75 Å². The van der Waals surface area contributed by atoms with Crippen molar-refractivity contribution in [2.45, 2.75) is 44.4 Å². The molecule has 6 N–H and O–H groups in total. The van der Waals surface area contributed by atoms with Gasteiger partial charge in [0.25, 0.3) is 0 Å². The van der Waals surface area contributed by atoms with Crippen molar-refractivity contribution >= 4 is 67.2 Å². The predicted molar refractivity (Wildman–Crippen MR) is 179 cm³/mol. The van der Waals surface area contributed by atoms with E-state index in [9.17, 15) is 31.2 Å². The van der Waals surface area contributed by atoms with Crippen LogP contribution < -0.4 is 26.4 Å². The van der Waals surface area contributed by atoms with Gasteiger partial charge in [0, 0.05) is 36.4 Å². The molecular formula is C32H33ClF3N5O7S. The Hall–Kier alpha value is -5.09. The molecule has 1 unspecified atom stereocenters. The van der Waals surface area contributed by atoms with Crippen LogP contribution in [0.25, 0.3) is 10.8 Å². The summed E-state index contributed by atoms with van der Waals surface area (Å²) in [5.41, 5.74) is 7.98. The number of hydrogen-bond acceptors (Lipinski definition) is 9. The van der Waals surface area contributed by atoms with E-state index in [0.717, 1.165) is 10.8 Å². The van der Waals surface area contributed by atoms with E-state index in [0.29, 0.717) is 45.7 Å². The number of anilines is 3. The number of nitrogen functional groups attached to an aromatic ring is 1. The number of carbonyl (C=O) groups excluding carboxylic acids is 2. The first-order valence-electron chi connectivity index (χ1n) is 14.5. The third-order valence-corrected chi connectivity index (χ3v) is 8.89. The van der Waals surface area contributed by atoms with Crippen molar-refractivity contribution in [3.05, 3.63) is 83.0 Å². The number of amides is 2. The molecule has 0 aliphatic rings. The predicted octanol–water partition coefficient (Wildman–Crippen LogP) is 5.72. The number of carboxylic acids is 1. The second-order valence-electron chi connectivity index (χ2n) is 10.3. The fraction of sp³-hybridized carbons (Fsp3) is 0.250. The molecule has 4 rings (SSSR count). The molecule has 17 heteroatoms. The largest absolute Gasteiger partial charge is 0.492 e. The molecule has 1 aromatic heterocycles. The number of benzene rings is 3. The molecule has 0 aliphatic heterocycles. The average molecular weight is 724 g/mol. The molecular weight excluding hydrogens is 691 g/mol. The molecule has 0 radical (unpaired) electrons. The monoisotopic (exact) mass is 723 g/mol. The number of alkyl halides is 3. The van der Waals surface area contributed by atoms with E-state index >= 15 is 0 Å². The zero-order chi connectivity index (χ0) is 36.5. The molecule has 0 fully saturated rings. The molecule has 2 amide bonds. The zero-order valence-corrected chi connectivity index (χ0v) is 28.0. The van der Waals surface area contributed by atoms with E-state index in [4.69, 9.17) is 32.0 Å². The van der Waals surface area contributed by atoms with E-state index in [2.05, 4.69) is 20.9 Å². The summed E-state index contributed by atoms with van der Waals surface area (Å²) < 4.78 is 63.0. The summed E-state index contributed by atoms with van der Waals surface area (Å²) in [6, 6.07) is 15.9. The number of aliphatic carboxylic acids is 1. The Morgan fingerprint density at radius 1 is 1.02 bits per heavy atom. The number of aromatic nitrogens is 1. The van der Waals surface area contributed by atoms with Gasteiger partial charge in [-0.15, -0.1) is 0 Å². The average Bonchev–Trinajstić information content (AvgIpc) is 3.03. The molecule has 0 bridgehead atoms. The number of nitrogens with two attached hydrogens (primary N) is 1. The van der Waals surface area contributed by atoms with Gasteiger partial charge in [-0.2, -0.15) is 13.2 Å². The number of sulfone groups is 1. The quantitative estimate of drug-likeness (QED) is 0.128. The summed E-state index contributed by atoms with van der Waals surface area (Å²) in [6.07, 6.45) is -3.48. The van der Waals surface area contributed by atoms with Gasteiger partial charge in [0.05, 0.1) is 22.3 Å². The molecule has 1 atom stereocenters. The van der Waals surface area contributed by atoms with Crippen molar-refractivity contribution in [2.24, 2.45) is 0 Å². The van der Waals surface area contributed by atoms with Crippen LogP contribution in [0.1, 0.15) is 37.9 Å². The summed E-state index contributed by atoms with van der Waals surface area (Å²) >= 11 is 6.31. The van der Waals surface area contributed by atoms with Crippen molar-refractivity contribution in [3.63, 3.8) is 0 Å². The number of carbonyl (C=O) groups is 3. The van der Waals surface area contributed by atoms with Gasteiger partial charge in [-0.25, -0.2) is 18.2 Å². The lowest BCUT2D eigenvalue weighted by Gasteiger charge is -2.22. The highest BCUT2D eigenvalue weighted by Crippen LogP contribution is 2.31. The van der Waals surface area contributed by atoms with E-state index in [1.165, 1.54) is 19.1 Å². The van der Waals surface area contributed by atoms with Crippen LogP contribution in [0.4, 0.5) is 30.4 Å². The van der Waals surface area contributed by atoms with Crippen LogP contribution in [0.2, 0.25) is 5.02 Å². The van der Waals surface area contributed by atoms with E-state index in [1.54, 1.807) is 43.5 Å². The number of nitrogens with zero attached hydrogens (tertiary/aromatic N) is 1. The summed E-state index contributed by atoms with van der Waals surface area (Å²) in [5, 5.41) is 17.9. The Morgan fingerprint density at radius 3 is 2.31 bits per heavy atom. The minimum absolute atomic E-state index is 0.0785. The third kappa shape index (κ3) is 10.4. The second kappa shape index (κ2) is 16.3. The number of nitrogens with one attached hydrogen (secondary N) is 3. The number of carboxylic acid groups (broad SMARTS) is 1. The van der Waals surface area contributed by atoms with Crippen LogP contribution in [-0.2, 0) is 30.8 Å². The van der Waals surface area contributed by atoms with E-state index < -0.39 is 33.9 Å². The summed E-state index contributed by atoms with van der Waals surface area (Å²) in [4.78, 5) is 38.5. The molecule has 3 aromatic carbocycles. The summed E-state index contributed by atoms with van der Waals surface area (Å²) in [5.74, 6) is -2.79. The Kier molecular flexibility index (Phi) is 12.8. The van der Waals surface area contributed by atoms with Crippen molar-refractivity contribution in [1.82, 2.24) is 10.3 Å². The SMILES string of the molecule is CCOc1cc(C(Nc2ccc3c(N)nccc3c2)C(=O)NCc2cc(NC(C)=O)ccc2S(=O)(=O)CC)ccc1Cl.O=C(O)C(F)(F)F. The molecule has 1 heterocycles. The van der Waals surface area contributed by atoms with Crippen LogP contribution in [-0.4, -0.2) is 54.8 Å². The number of halogens is 4. The maximum Gasteiger partial charge on any atom is 0.490 e. The Balaban J connectivity index is 0.000000838. The molecule has 0 saturated heterocycles. The molecule has 0 saturated carbocycles. The number of fused-ring (bicyclic) bond motifs is 1. The van der Waals surface area contributed by atoms with Gasteiger partial charge in [0.1, 0.15) is 17.6 Å². The number of ether oxygens (including phenoxy) is 1. The lowest BCUT2D eigenvalue weighted by molar-refractivity contribution is -0.192. The topological polar surface area (TPSA) is 190 Å². The van der Waals surface area contributed by atoms with Gasteiger partial charge < -0.3 is 31.5 Å². The highest BCUT2D eigenvalue weighted by molar-refractivity contribution is 7.91. The first-order valence-corrected chi connectivity index (χ1v) is 16.5. The first-order chi connectivity index (χ1) is 23.0. The molecule has 0 aliphatic carbocycles. The summed E-state index contributed by atoms with van der Waals surface area (Å²) in [7, 11) is -3.61. The fourth-order valence-electron chi connectivity index (χ4n) is 4.47. The van der Waals surface area contributed by atoms with Crippen molar-refractivity contribution < 1.29 is 45.8 Å². The molecule has 4 aromatic rings. The Labute approximate surface area is 284 Å². The van der Waals surface area contributed by atoms with E-state index in [-0.39, 0.29) is 23.1 Å². The molecule has 0 spiro atoms. The maximum absolute atomic E-state index is 13.8.